The van der Waals surface area contributed by atoms with Gasteiger partial charge in [0.1, 0.15) is 5.82 Å². The first-order valence-corrected chi connectivity index (χ1v) is 6.58. The SMILES string of the molecule is CC(=O)SCCC=Cc1cc(Br)cnc1N. The van der Waals surface area contributed by atoms with E-state index in [2.05, 4.69) is 20.9 Å². The standard InChI is InChI=1S/C11H13BrN2OS/c1-8(15)16-5-3-2-4-9-6-10(12)7-14-11(9)13/h2,4,6-7H,3,5H2,1H3,(H2,13,14). The summed E-state index contributed by atoms with van der Waals surface area (Å²) in [5.41, 5.74) is 6.60. The lowest BCUT2D eigenvalue weighted by Crippen LogP contribution is -1.93. The minimum atomic E-state index is 0.150. The van der Waals surface area contributed by atoms with Crippen LogP contribution in [0.5, 0.6) is 0 Å². The molecule has 0 unspecified atom stereocenters. The number of carbonyl (C=O) groups is 1. The fourth-order valence-electron chi connectivity index (χ4n) is 1.08. The topological polar surface area (TPSA) is 56.0 Å². The van der Waals surface area contributed by atoms with Crippen molar-refractivity contribution in [2.45, 2.75) is 13.3 Å². The Kier molecular flexibility index (Phi) is 5.55. The quantitative estimate of drug-likeness (QED) is 0.868. The maximum Gasteiger partial charge on any atom is 0.185 e. The van der Waals surface area contributed by atoms with E-state index in [4.69, 9.17) is 5.73 Å². The Balaban J connectivity index is 2.49. The number of nitrogens with two attached hydrogens (primary N) is 1. The van der Waals surface area contributed by atoms with Crippen LogP contribution in [0.2, 0.25) is 0 Å². The molecule has 0 radical (unpaired) electrons. The number of carbonyl (C=O) groups excluding carboxylic acids is 1. The zero-order valence-electron chi connectivity index (χ0n) is 8.94. The van der Waals surface area contributed by atoms with Crippen LogP contribution in [-0.2, 0) is 4.79 Å². The van der Waals surface area contributed by atoms with Crippen molar-refractivity contribution in [2.24, 2.45) is 0 Å². The summed E-state index contributed by atoms with van der Waals surface area (Å²) in [5.74, 6) is 1.31. The summed E-state index contributed by atoms with van der Waals surface area (Å²) in [6.45, 7) is 1.57. The van der Waals surface area contributed by atoms with Crippen molar-refractivity contribution in [3.05, 3.63) is 28.4 Å². The number of anilines is 1. The van der Waals surface area contributed by atoms with Crippen LogP contribution in [0, 0.1) is 0 Å². The lowest BCUT2D eigenvalue weighted by atomic mass is 10.2. The van der Waals surface area contributed by atoms with Crippen molar-refractivity contribution in [1.82, 2.24) is 4.98 Å². The van der Waals surface area contributed by atoms with Crippen molar-refractivity contribution in [2.75, 3.05) is 11.5 Å². The molecule has 1 heterocycles. The number of pyridine rings is 1. The Morgan fingerprint density at radius 3 is 3.12 bits per heavy atom. The van der Waals surface area contributed by atoms with Gasteiger partial charge in [-0.3, -0.25) is 4.79 Å². The summed E-state index contributed by atoms with van der Waals surface area (Å²) in [7, 11) is 0. The first-order chi connectivity index (χ1) is 7.59. The molecular weight excluding hydrogens is 288 g/mol. The van der Waals surface area contributed by atoms with Crippen molar-refractivity contribution < 1.29 is 4.79 Å². The molecule has 0 aliphatic heterocycles. The first kappa shape index (κ1) is 13.3. The van der Waals surface area contributed by atoms with Crippen LogP contribution in [0.15, 0.2) is 22.8 Å². The number of halogens is 1. The van der Waals surface area contributed by atoms with E-state index in [1.54, 1.807) is 13.1 Å². The predicted molar refractivity (Wildman–Crippen MR) is 73.1 cm³/mol. The third-order valence-corrected chi connectivity index (χ3v) is 3.08. The van der Waals surface area contributed by atoms with Gasteiger partial charge in [-0.1, -0.05) is 23.9 Å². The van der Waals surface area contributed by atoms with Gasteiger partial charge in [-0.15, -0.1) is 0 Å². The minimum Gasteiger partial charge on any atom is -0.383 e. The first-order valence-electron chi connectivity index (χ1n) is 4.80. The third kappa shape index (κ3) is 4.81. The van der Waals surface area contributed by atoms with Crippen molar-refractivity contribution >= 4 is 44.7 Å². The second kappa shape index (κ2) is 6.70. The molecule has 0 saturated heterocycles. The zero-order chi connectivity index (χ0) is 12.0. The maximum absolute atomic E-state index is 10.7. The molecule has 86 valence electrons. The van der Waals surface area contributed by atoms with Gasteiger partial charge in [-0.25, -0.2) is 4.98 Å². The van der Waals surface area contributed by atoms with E-state index in [1.807, 2.05) is 18.2 Å². The molecule has 2 N–H and O–H groups in total. The summed E-state index contributed by atoms with van der Waals surface area (Å²) in [4.78, 5) is 14.7. The summed E-state index contributed by atoms with van der Waals surface area (Å²) >= 11 is 4.66. The molecule has 0 aliphatic rings. The average molecular weight is 301 g/mol. The normalized spacial score (nSPS) is 10.9. The van der Waals surface area contributed by atoms with Gasteiger partial charge in [-0.05, 0) is 28.4 Å². The van der Waals surface area contributed by atoms with Crippen molar-refractivity contribution in [3.8, 4) is 0 Å². The van der Waals surface area contributed by atoms with Crippen molar-refractivity contribution in [1.29, 1.82) is 0 Å². The zero-order valence-corrected chi connectivity index (χ0v) is 11.3. The summed E-state index contributed by atoms with van der Waals surface area (Å²) < 4.78 is 0.902. The fourth-order valence-corrected chi connectivity index (χ4v) is 1.97. The highest BCUT2D eigenvalue weighted by molar-refractivity contribution is 9.10. The van der Waals surface area contributed by atoms with Crippen LogP contribution in [0.1, 0.15) is 18.9 Å². The van der Waals surface area contributed by atoms with Crippen LogP contribution in [0.25, 0.3) is 6.08 Å². The van der Waals surface area contributed by atoms with Gasteiger partial charge in [0.2, 0.25) is 0 Å². The maximum atomic E-state index is 10.7. The Morgan fingerprint density at radius 1 is 1.69 bits per heavy atom. The lowest BCUT2D eigenvalue weighted by molar-refractivity contribution is -0.109. The van der Waals surface area contributed by atoms with E-state index < -0.39 is 0 Å². The molecule has 0 aliphatic carbocycles. The summed E-state index contributed by atoms with van der Waals surface area (Å²) in [6, 6.07) is 1.91. The Morgan fingerprint density at radius 2 is 2.44 bits per heavy atom. The van der Waals surface area contributed by atoms with Gasteiger partial charge >= 0.3 is 0 Å². The number of nitrogens with zero attached hydrogens (tertiary/aromatic N) is 1. The molecule has 0 amide bonds. The smallest absolute Gasteiger partial charge is 0.185 e. The van der Waals surface area contributed by atoms with Crippen LogP contribution < -0.4 is 5.73 Å². The van der Waals surface area contributed by atoms with E-state index in [9.17, 15) is 4.79 Å². The molecule has 3 nitrogen and oxygen atoms in total. The molecule has 0 bridgehead atoms. The molecule has 1 rings (SSSR count). The van der Waals surface area contributed by atoms with E-state index in [1.165, 1.54) is 11.8 Å². The molecule has 5 heteroatoms. The van der Waals surface area contributed by atoms with Crippen LogP contribution in [-0.4, -0.2) is 15.9 Å². The Labute approximate surface area is 108 Å². The summed E-state index contributed by atoms with van der Waals surface area (Å²) in [6.07, 6.45) is 6.43. The molecule has 1 aromatic rings. The third-order valence-electron chi connectivity index (χ3n) is 1.80. The molecule has 0 saturated carbocycles. The lowest BCUT2D eigenvalue weighted by Gasteiger charge is -1.99. The van der Waals surface area contributed by atoms with Crippen LogP contribution >= 0.6 is 27.7 Å². The number of hydrogen-bond acceptors (Lipinski definition) is 4. The molecule has 0 spiro atoms. The van der Waals surface area contributed by atoms with Crippen molar-refractivity contribution in [3.63, 3.8) is 0 Å². The number of rotatable bonds is 4. The minimum absolute atomic E-state index is 0.150. The highest BCUT2D eigenvalue weighted by Gasteiger charge is 1.97. The van der Waals surface area contributed by atoms with E-state index >= 15 is 0 Å². The van der Waals surface area contributed by atoms with E-state index in [0.29, 0.717) is 5.82 Å². The average Bonchev–Trinajstić information content (AvgIpc) is 2.22. The van der Waals surface area contributed by atoms with Gasteiger partial charge in [-0.2, -0.15) is 0 Å². The highest BCUT2D eigenvalue weighted by atomic mass is 79.9. The molecule has 1 aromatic heterocycles. The Hall–Kier alpha value is -0.810. The van der Waals surface area contributed by atoms with Gasteiger partial charge in [0.25, 0.3) is 0 Å². The Bertz CT molecular complexity index is 407. The van der Waals surface area contributed by atoms with Crippen LogP contribution in [0.4, 0.5) is 5.82 Å². The summed E-state index contributed by atoms with van der Waals surface area (Å²) in [5, 5.41) is 0.150. The largest absolute Gasteiger partial charge is 0.383 e. The van der Waals surface area contributed by atoms with Gasteiger partial charge in [0.15, 0.2) is 5.12 Å². The molecule has 0 aromatic carbocycles. The monoisotopic (exact) mass is 300 g/mol. The second-order valence-corrected chi connectivity index (χ2v) is 5.35. The van der Waals surface area contributed by atoms with Crippen LogP contribution in [0.3, 0.4) is 0 Å². The van der Waals surface area contributed by atoms with E-state index in [-0.39, 0.29) is 5.12 Å². The molecular formula is C11H13BrN2OS. The number of allylic oxidation sites excluding steroid dienone is 1. The molecule has 0 atom stereocenters. The predicted octanol–water partition coefficient (Wildman–Crippen LogP) is 3.11. The molecule has 0 fully saturated rings. The van der Waals surface area contributed by atoms with Gasteiger partial charge in [0, 0.05) is 28.9 Å². The number of aromatic nitrogens is 1. The fraction of sp³-hybridized carbons (Fsp3) is 0.273. The van der Waals surface area contributed by atoms with Gasteiger partial charge < -0.3 is 5.73 Å². The van der Waals surface area contributed by atoms with Gasteiger partial charge in [0.05, 0.1) is 0 Å². The number of hydrogen-bond donors (Lipinski definition) is 1. The highest BCUT2D eigenvalue weighted by Crippen LogP contribution is 2.17. The number of nitrogen functional groups attached to an aromatic ring is 1. The van der Waals surface area contributed by atoms with E-state index in [0.717, 1.165) is 22.2 Å². The number of thioether (sulfide) groups is 1. The second-order valence-electron chi connectivity index (χ2n) is 3.16. The molecule has 16 heavy (non-hydrogen) atoms.